The Balaban J connectivity index is 1.56. The van der Waals surface area contributed by atoms with Crippen molar-refractivity contribution in [2.24, 2.45) is 0 Å². The highest BCUT2D eigenvalue weighted by atomic mass is 16.3. The van der Waals surface area contributed by atoms with Crippen LogP contribution in [0.5, 0.6) is 5.75 Å². The molecule has 4 rings (SSSR count). The van der Waals surface area contributed by atoms with Gasteiger partial charge in [0.05, 0.1) is 18.1 Å². The lowest BCUT2D eigenvalue weighted by Gasteiger charge is -2.35. The molecule has 1 aromatic heterocycles. The van der Waals surface area contributed by atoms with Gasteiger partial charge in [0.25, 0.3) is 0 Å². The van der Waals surface area contributed by atoms with E-state index < -0.39 is 0 Å². The Labute approximate surface area is 148 Å². The smallest absolute Gasteiger partial charge is 0.120 e. The van der Waals surface area contributed by atoms with Crippen molar-refractivity contribution in [3.8, 4) is 5.75 Å². The molecule has 0 amide bonds. The summed E-state index contributed by atoms with van der Waals surface area (Å²) in [7, 11) is 0. The van der Waals surface area contributed by atoms with Crippen LogP contribution in [0, 0.1) is 0 Å². The Morgan fingerprint density at radius 2 is 1.88 bits per heavy atom. The maximum absolute atomic E-state index is 10.1. The highest BCUT2D eigenvalue weighted by Gasteiger charge is 2.29. The van der Waals surface area contributed by atoms with Gasteiger partial charge in [0.2, 0.25) is 0 Å². The highest BCUT2D eigenvalue weighted by Crippen LogP contribution is 2.33. The van der Waals surface area contributed by atoms with Crippen LogP contribution in [0.25, 0.3) is 0 Å². The molecule has 2 N–H and O–H groups in total. The van der Waals surface area contributed by atoms with Crippen LogP contribution in [-0.4, -0.2) is 26.5 Å². The van der Waals surface area contributed by atoms with Crippen LogP contribution in [0.4, 0.5) is 0 Å². The molecule has 3 aromatic rings. The Kier molecular flexibility index (Phi) is 4.53. The van der Waals surface area contributed by atoms with E-state index in [1.54, 1.807) is 6.07 Å². The normalized spacial score (nSPS) is 17.4. The molecular formula is C21H23N3O. The standard InChI is InChI=1S/C21H23N3O/c25-20-9-5-4-8-17(20)14-24-13-12-18-21(23-15-22-18)19(24)11-10-16-6-2-1-3-7-16/h1-9,15,19,25H,10-14H2,(H,22,23). The van der Waals surface area contributed by atoms with Gasteiger partial charge in [-0.25, -0.2) is 4.98 Å². The second kappa shape index (κ2) is 7.11. The van der Waals surface area contributed by atoms with Crippen molar-refractivity contribution >= 4 is 0 Å². The van der Waals surface area contributed by atoms with Crippen LogP contribution in [0.15, 0.2) is 60.9 Å². The number of H-pyrrole nitrogens is 1. The van der Waals surface area contributed by atoms with Gasteiger partial charge in [-0.05, 0) is 24.5 Å². The number of para-hydroxylation sites is 1. The number of fused-ring (bicyclic) bond motifs is 1. The first-order chi connectivity index (χ1) is 12.3. The maximum Gasteiger partial charge on any atom is 0.120 e. The number of aromatic hydroxyl groups is 1. The summed E-state index contributed by atoms with van der Waals surface area (Å²) in [6, 6.07) is 18.5. The number of aryl methyl sites for hydroxylation is 1. The Morgan fingerprint density at radius 3 is 2.72 bits per heavy atom. The fourth-order valence-electron chi connectivity index (χ4n) is 3.72. The van der Waals surface area contributed by atoms with Crippen LogP contribution in [0.3, 0.4) is 0 Å². The first kappa shape index (κ1) is 15.9. The number of aromatic nitrogens is 2. The van der Waals surface area contributed by atoms with E-state index in [4.69, 9.17) is 0 Å². The minimum atomic E-state index is 0.273. The summed E-state index contributed by atoms with van der Waals surface area (Å²) in [5, 5.41) is 10.1. The molecule has 128 valence electrons. The van der Waals surface area contributed by atoms with Crippen molar-refractivity contribution in [1.82, 2.24) is 14.9 Å². The number of aromatic amines is 1. The molecule has 0 bridgehead atoms. The molecule has 0 saturated heterocycles. The minimum absolute atomic E-state index is 0.273. The van der Waals surface area contributed by atoms with E-state index in [1.807, 2.05) is 24.5 Å². The van der Waals surface area contributed by atoms with Gasteiger partial charge in [0.15, 0.2) is 0 Å². The lowest BCUT2D eigenvalue weighted by atomic mass is 9.95. The third kappa shape index (κ3) is 3.44. The van der Waals surface area contributed by atoms with Crippen molar-refractivity contribution < 1.29 is 5.11 Å². The van der Waals surface area contributed by atoms with Crippen molar-refractivity contribution in [1.29, 1.82) is 0 Å². The molecule has 1 atom stereocenters. The van der Waals surface area contributed by atoms with Gasteiger partial charge in [0.1, 0.15) is 5.75 Å². The lowest BCUT2D eigenvalue weighted by molar-refractivity contribution is 0.161. The Bertz CT molecular complexity index is 828. The van der Waals surface area contributed by atoms with Crippen LogP contribution >= 0.6 is 0 Å². The second-order valence-corrected chi connectivity index (χ2v) is 6.66. The van der Waals surface area contributed by atoms with E-state index >= 15 is 0 Å². The van der Waals surface area contributed by atoms with Gasteiger partial charge in [-0.2, -0.15) is 0 Å². The van der Waals surface area contributed by atoms with Crippen LogP contribution in [0.1, 0.15) is 35.0 Å². The molecule has 1 aliphatic heterocycles. The average molecular weight is 333 g/mol. The topological polar surface area (TPSA) is 52.1 Å². The second-order valence-electron chi connectivity index (χ2n) is 6.66. The summed E-state index contributed by atoms with van der Waals surface area (Å²) < 4.78 is 0. The van der Waals surface area contributed by atoms with E-state index in [9.17, 15) is 5.11 Å². The number of rotatable bonds is 5. The van der Waals surface area contributed by atoms with E-state index in [1.165, 1.54) is 11.3 Å². The molecule has 4 heteroatoms. The molecule has 2 aromatic carbocycles. The Morgan fingerprint density at radius 1 is 1.08 bits per heavy atom. The molecule has 0 saturated carbocycles. The average Bonchev–Trinajstić information content (AvgIpc) is 3.12. The molecule has 2 heterocycles. The largest absolute Gasteiger partial charge is 0.508 e. The number of nitrogens with zero attached hydrogens (tertiary/aromatic N) is 2. The van der Waals surface area contributed by atoms with Gasteiger partial charge in [-0.3, -0.25) is 4.90 Å². The fourth-order valence-corrected chi connectivity index (χ4v) is 3.72. The number of hydrogen-bond acceptors (Lipinski definition) is 3. The van der Waals surface area contributed by atoms with Crippen molar-refractivity contribution in [2.45, 2.75) is 31.8 Å². The summed E-state index contributed by atoms with van der Waals surface area (Å²) >= 11 is 0. The molecule has 0 fully saturated rings. The van der Waals surface area contributed by atoms with Gasteiger partial charge in [-0.1, -0.05) is 48.5 Å². The van der Waals surface area contributed by atoms with E-state index in [0.717, 1.165) is 43.6 Å². The van der Waals surface area contributed by atoms with Crippen LogP contribution in [-0.2, 0) is 19.4 Å². The predicted octanol–water partition coefficient (Wildman–Crippen LogP) is 3.85. The summed E-state index contributed by atoms with van der Waals surface area (Å²) in [5.74, 6) is 0.372. The fraction of sp³-hybridized carbons (Fsp3) is 0.286. The molecule has 4 nitrogen and oxygen atoms in total. The van der Waals surface area contributed by atoms with Crippen molar-refractivity contribution in [3.63, 3.8) is 0 Å². The van der Waals surface area contributed by atoms with E-state index in [2.05, 4.69) is 45.2 Å². The molecule has 25 heavy (non-hydrogen) atoms. The maximum atomic E-state index is 10.1. The number of benzene rings is 2. The van der Waals surface area contributed by atoms with Crippen LogP contribution in [0.2, 0.25) is 0 Å². The van der Waals surface area contributed by atoms with Crippen LogP contribution < -0.4 is 0 Å². The summed E-state index contributed by atoms with van der Waals surface area (Å²) in [6.07, 6.45) is 4.83. The highest BCUT2D eigenvalue weighted by molar-refractivity contribution is 5.32. The monoisotopic (exact) mass is 333 g/mol. The first-order valence-corrected chi connectivity index (χ1v) is 8.88. The van der Waals surface area contributed by atoms with Crippen molar-refractivity contribution in [3.05, 3.63) is 83.4 Å². The Hall–Kier alpha value is -2.59. The SMILES string of the molecule is Oc1ccccc1CN1CCc2[nH]cnc2C1CCc1ccccc1. The van der Waals surface area contributed by atoms with E-state index in [0.29, 0.717) is 5.75 Å². The lowest BCUT2D eigenvalue weighted by Crippen LogP contribution is -2.35. The summed E-state index contributed by atoms with van der Waals surface area (Å²) in [5.41, 5.74) is 4.75. The third-order valence-corrected chi connectivity index (χ3v) is 5.07. The molecular weight excluding hydrogens is 310 g/mol. The summed E-state index contributed by atoms with van der Waals surface area (Å²) in [6.45, 7) is 1.72. The number of phenols is 1. The predicted molar refractivity (Wildman–Crippen MR) is 98.3 cm³/mol. The molecule has 0 radical (unpaired) electrons. The molecule has 1 unspecified atom stereocenters. The van der Waals surface area contributed by atoms with Gasteiger partial charge in [0, 0.05) is 30.8 Å². The summed E-state index contributed by atoms with van der Waals surface area (Å²) in [4.78, 5) is 10.3. The molecule has 1 aliphatic rings. The third-order valence-electron chi connectivity index (χ3n) is 5.07. The zero-order valence-corrected chi connectivity index (χ0v) is 14.2. The zero-order valence-electron chi connectivity index (χ0n) is 14.2. The first-order valence-electron chi connectivity index (χ1n) is 8.88. The minimum Gasteiger partial charge on any atom is -0.508 e. The quantitative estimate of drug-likeness (QED) is 0.746. The van der Waals surface area contributed by atoms with Gasteiger partial charge < -0.3 is 10.1 Å². The van der Waals surface area contributed by atoms with Gasteiger partial charge in [-0.15, -0.1) is 0 Å². The number of nitrogens with one attached hydrogen (secondary N) is 1. The van der Waals surface area contributed by atoms with Crippen molar-refractivity contribution in [2.75, 3.05) is 6.54 Å². The van der Waals surface area contributed by atoms with Gasteiger partial charge >= 0.3 is 0 Å². The van der Waals surface area contributed by atoms with E-state index in [-0.39, 0.29) is 6.04 Å². The number of phenolic OH excluding ortho intramolecular Hbond substituents is 1. The molecule has 0 aliphatic carbocycles. The number of hydrogen-bond donors (Lipinski definition) is 2. The molecule has 0 spiro atoms. The zero-order chi connectivity index (χ0) is 17.1. The number of imidazole rings is 1.